The fourth-order valence-electron chi connectivity index (χ4n) is 5.63. The Morgan fingerprint density at radius 2 is 1.29 bits per heavy atom. The van der Waals surface area contributed by atoms with E-state index in [2.05, 4.69) is 120 Å². The molecule has 0 N–H and O–H groups in total. The van der Waals surface area contributed by atoms with E-state index in [-0.39, 0.29) is 23.7 Å². The van der Waals surface area contributed by atoms with Gasteiger partial charge in [-0.1, -0.05) is 86.6 Å². The predicted octanol–water partition coefficient (Wildman–Crippen LogP) is 7.11. The monoisotopic (exact) mass is 446 g/mol. The van der Waals surface area contributed by atoms with Crippen molar-refractivity contribution in [2.45, 2.75) is 58.2 Å². The van der Waals surface area contributed by atoms with Crippen LogP contribution < -0.4 is 5.46 Å². The molecule has 4 aromatic rings. The van der Waals surface area contributed by atoms with Gasteiger partial charge in [0.15, 0.2) is 0 Å². The van der Waals surface area contributed by atoms with Gasteiger partial charge in [0.25, 0.3) is 0 Å². The van der Waals surface area contributed by atoms with Crippen molar-refractivity contribution in [1.82, 2.24) is 0 Å². The Balaban J connectivity index is 1.60. The fraction of sp³-hybridized carbons (Fsp3) is 0.290. The number of benzene rings is 4. The quantitative estimate of drug-likeness (QED) is 0.306. The summed E-state index contributed by atoms with van der Waals surface area (Å²) in [6.45, 7) is 13.1. The summed E-state index contributed by atoms with van der Waals surface area (Å²) in [5, 5.41) is 2.55. The van der Waals surface area contributed by atoms with Gasteiger partial charge in [-0.25, -0.2) is 0 Å². The molecule has 1 saturated heterocycles. The molecule has 1 aliphatic heterocycles. The lowest BCUT2D eigenvalue weighted by molar-refractivity contribution is 0.00578. The first-order chi connectivity index (χ1) is 16.1. The van der Waals surface area contributed by atoms with Gasteiger partial charge in [-0.05, 0) is 83.4 Å². The third kappa shape index (κ3) is 2.97. The standard InChI is InChI=1S/C31H31BO2/c1-29(2)25-17-10-9-16-24(25)28-26(29)19-20-12-7-8-15-23(20)27(28)21-13-11-14-22(18-21)32-33-30(3,4)31(5,6)34-32/h7-19H,1-6H3. The number of hydrogen-bond acceptors (Lipinski definition) is 2. The molecular formula is C31H31BO2. The Bertz CT molecular complexity index is 1430. The van der Waals surface area contributed by atoms with Crippen molar-refractivity contribution in [3.63, 3.8) is 0 Å². The molecule has 0 spiro atoms. The van der Waals surface area contributed by atoms with Gasteiger partial charge in [-0.15, -0.1) is 0 Å². The van der Waals surface area contributed by atoms with Gasteiger partial charge >= 0.3 is 7.12 Å². The van der Waals surface area contributed by atoms with Crippen LogP contribution in [0, 0.1) is 0 Å². The molecule has 170 valence electrons. The van der Waals surface area contributed by atoms with Crippen molar-refractivity contribution < 1.29 is 9.31 Å². The van der Waals surface area contributed by atoms with Crippen LogP contribution in [0.15, 0.2) is 78.9 Å². The Hall–Kier alpha value is -2.88. The van der Waals surface area contributed by atoms with Crippen molar-refractivity contribution in [1.29, 1.82) is 0 Å². The van der Waals surface area contributed by atoms with E-state index in [1.165, 1.54) is 44.2 Å². The van der Waals surface area contributed by atoms with Crippen molar-refractivity contribution in [2.75, 3.05) is 0 Å². The molecule has 2 aliphatic rings. The van der Waals surface area contributed by atoms with Crippen LogP contribution in [0.4, 0.5) is 0 Å². The summed E-state index contributed by atoms with van der Waals surface area (Å²) in [4.78, 5) is 0. The Labute approximate surface area is 203 Å². The van der Waals surface area contributed by atoms with Gasteiger partial charge in [0.1, 0.15) is 0 Å². The van der Waals surface area contributed by atoms with Crippen molar-refractivity contribution in [3.05, 3.63) is 90.0 Å². The van der Waals surface area contributed by atoms with E-state index in [4.69, 9.17) is 9.31 Å². The van der Waals surface area contributed by atoms with Crippen molar-refractivity contribution in [3.8, 4) is 22.3 Å². The summed E-state index contributed by atoms with van der Waals surface area (Å²) in [7, 11) is -0.378. The largest absolute Gasteiger partial charge is 0.494 e. The van der Waals surface area contributed by atoms with Gasteiger partial charge in [0.2, 0.25) is 0 Å². The molecule has 2 nitrogen and oxygen atoms in total. The summed E-state index contributed by atoms with van der Waals surface area (Å²) in [6.07, 6.45) is 0. The topological polar surface area (TPSA) is 18.5 Å². The molecule has 0 saturated carbocycles. The summed E-state index contributed by atoms with van der Waals surface area (Å²) in [5.41, 5.74) is 8.25. The van der Waals surface area contributed by atoms with Crippen molar-refractivity contribution in [2.24, 2.45) is 0 Å². The Morgan fingerprint density at radius 1 is 0.618 bits per heavy atom. The average molecular weight is 446 g/mol. The SMILES string of the molecule is CC1(C)c2ccccc2-c2c1cc1ccccc1c2-c1cccc(B2OC(C)(C)C(C)(C)O2)c1. The Morgan fingerprint density at radius 3 is 2.06 bits per heavy atom. The molecule has 1 fully saturated rings. The van der Waals surface area contributed by atoms with Crippen LogP contribution in [0.25, 0.3) is 33.0 Å². The zero-order valence-corrected chi connectivity index (χ0v) is 20.9. The van der Waals surface area contributed by atoms with Crippen LogP contribution in [-0.4, -0.2) is 18.3 Å². The molecule has 6 rings (SSSR count). The molecule has 1 heterocycles. The third-order valence-electron chi connectivity index (χ3n) is 8.29. The van der Waals surface area contributed by atoms with Crippen LogP contribution in [0.3, 0.4) is 0 Å². The number of fused-ring (bicyclic) bond motifs is 4. The zero-order valence-electron chi connectivity index (χ0n) is 20.9. The van der Waals surface area contributed by atoms with E-state index in [0.29, 0.717) is 0 Å². The minimum Gasteiger partial charge on any atom is -0.399 e. The smallest absolute Gasteiger partial charge is 0.399 e. The second-order valence-corrected chi connectivity index (χ2v) is 11.3. The minimum atomic E-state index is -0.378. The molecule has 0 aromatic heterocycles. The highest BCUT2D eigenvalue weighted by molar-refractivity contribution is 6.62. The predicted molar refractivity (Wildman–Crippen MR) is 143 cm³/mol. The zero-order chi connectivity index (χ0) is 23.9. The maximum absolute atomic E-state index is 6.39. The molecule has 0 amide bonds. The van der Waals surface area contributed by atoms with Gasteiger partial charge in [-0.3, -0.25) is 0 Å². The van der Waals surface area contributed by atoms with Crippen molar-refractivity contribution >= 4 is 23.4 Å². The van der Waals surface area contributed by atoms with E-state index in [1.54, 1.807) is 0 Å². The summed E-state index contributed by atoms with van der Waals surface area (Å²) in [5.74, 6) is 0. The van der Waals surface area contributed by atoms with Gasteiger partial charge in [0.05, 0.1) is 11.2 Å². The normalized spacial score (nSPS) is 19.3. The molecule has 0 bridgehead atoms. The first-order valence-electron chi connectivity index (χ1n) is 12.2. The lowest BCUT2D eigenvalue weighted by atomic mass is 9.76. The second-order valence-electron chi connectivity index (χ2n) is 11.3. The summed E-state index contributed by atoms with van der Waals surface area (Å²) < 4.78 is 12.8. The summed E-state index contributed by atoms with van der Waals surface area (Å²) >= 11 is 0. The van der Waals surface area contributed by atoms with Gasteiger partial charge in [0, 0.05) is 5.41 Å². The average Bonchev–Trinajstić information content (AvgIpc) is 3.17. The molecule has 3 heteroatoms. The van der Waals surface area contributed by atoms with Gasteiger partial charge in [-0.2, -0.15) is 0 Å². The first-order valence-corrected chi connectivity index (χ1v) is 12.2. The number of hydrogen-bond donors (Lipinski definition) is 0. The highest BCUT2D eigenvalue weighted by Gasteiger charge is 2.51. The minimum absolute atomic E-state index is 0.0476. The van der Waals surface area contributed by atoms with Crippen LogP contribution in [0.5, 0.6) is 0 Å². The maximum Gasteiger partial charge on any atom is 0.494 e. The molecule has 0 atom stereocenters. The van der Waals surface area contributed by atoms with Crippen LogP contribution >= 0.6 is 0 Å². The first kappa shape index (κ1) is 21.6. The highest BCUT2D eigenvalue weighted by Crippen LogP contribution is 2.54. The molecule has 4 aromatic carbocycles. The van der Waals surface area contributed by atoms with E-state index < -0.39 is 0 Å². The summed E-state index contributed by atoms with van der Waals surface area (Å²) in [6, 6.07) is 28.8. The van der Waals surface area contributed by atoms with Crippen LogP contribution in [0.2, 0.25) is 0 Å². The molecule has 34 heavy (non-hydrogen) atoms. The molecule has 1 aliphatic carbocycles. The Kier molecular flexibility index (Phi) is 4.50. The van der Waals surface area contributed by atoms with Crippen LogP contribution in [-0.2, 0) is 14.7 Å². The fourth-order valence-corrected chi connectivity index (χ4v) is 5.63. The maximum atomic E-state index is 6.39. The lowest BCUT2D eigenvalue weighted by Crippen LogP contribution is -2.41. The van der Waals surface area contributed by atoms with E-state index in [0.717, 1.165) is 5.46 Å². The lowest BCUT2D eigenvalue weighted by Gasteiger charge is -2.32. The van der Waals surface area contributed by atoms with E-state index >= 15 is 0 Å². The highest BCUT2D eigenvalue weighted by atomic mass is 16.7. The molecule has 0 radical (unpaired) electrons. The third-order valence-corrected chi connectivity index (χ3v) is 8.29. The second kappa shape index (κ2) is 7.07. The van der Waals surface area contributed by atoms with E-state index in [9.17, 15) is 0 Å². The molecular weight excluding hydrogens is 415 g/mol. The van der Waals surface area contributed by atoms with E-state index in [1.807, 2.05) is 0 Å². The molecule has 0 unspecified atom stereocenters. The number of rotatable bonds is 2. The van der Waals surface area contributed by atoms with Gasteiger partial charge < -0.3 is 9.31 Å². The van der Waals surface area contributed by atoms with Crippen LogP contribution in [0.1, 0.15) is 52.7 Å².